The number of para-hydroxylation sites is 2. The second-order valence-electron chi connectivity index (χ2n) is 11.6. The van der Waals surface area contributed by atoms with E-state index in [9.17, 15) is 9.59 Å². The lowest BCUT2D eigenvalue weighted by Gasteiger charge is -2.19. The number of nitrogens with zero attached hydrogens (tertiary/aromatic N) is 2. The van der Waals surface area contributed by atoms with E-state index >= 15 is 0 Å². The minimum Gasteiger partial charge on any atom is -0.490 e. The molecule has 2 aliphatic heterocycles. The predicted molar refractivity (Wildman–Crippen MR) is 270 cm³/mol. The van der Waals surface area contributed by atoms with Gasteiger partial charge in [0.15, 0.2) is 10.9 Å². The average Bonchev–Trinajstić information content (AvgIpc) is 3.32. The number of hydrogen-bond donors (Lipinski definition) is 0. The Morgan fingerprint density at radius 3 is 1.25 bits per heavy atom. The van der Waals surface area contributed by atoms with Crippen molar-refractivity contribution in [2.45, 2.75) is 170 Å². The number of benzene rings is 4. The second kappa shape index (κ2) is 43.0. The first-order valence-electron chi connectivity index (χ1n) is 23.2. The first-order chi connectivity index (χ1) is 28.9. The van der Waals surface area contributed by atoms with Crippen LogP contribution in [-0.4, -0.2) is 15.7 Å². The van der Waals surface area contributed by atoms with Gasteiger partial charge in [0.1, 0.15) is 12.4 Å². The Balaban J connectivity index is -0.000000316. The van der Waals surface area contributed by atoms with Crippen LogP contribution >= 0.6 is 0 Å². The smallest absolute Gasteiger partial charge is 0.189 e. The van der Waals surface area contributed by atoms with Crippen LogP contribution in [0.2, 0.25) is 0 Å². The molecule has 6 aromatic rings. The number of fused-ring (bicyclic) bond motifs is 1. The first kappa shape index (κ1) is 61.0. The number of hydrogen-bond acceptors (Lipinski definition) is 3. The van der Waals surface area contributed by atoms with Gasteiger partial charge in [0.05, 0.1) is 17.6 Å². The summed E-state index contributed by atoms with van der Waals surface area (Å²) in [5.74, 6) is 0.812. The lowest BCUT2D eigenvalue weighted by atomic mass is 10.0. The molecule has 5 nitrogen and oxygen atoms in total. The number of aromatic nitrogens is 2. The molecule has 59 heavy (non-hydrogen) atoms. The summed E-state index contributed by atoms with van der Waals surface area (Å²) in [4.78, 5) is 23.2. The van der Waals surface area contributed by atoms with Crippen LogP contribution in [-0.2, 0) is 19.5 Å². The Kier molecular flexibility index (Phi) is 44.4. The van der Waals surface area contributed by atoms with Crippen LogP contribution in [0.15, 0.2) is 119 Å². The van der Waals surface area contributed by atoms with Gasteiger partial charge in [-0.05, 0) is 47.4 Å². The fourth-order valence-electron chi connectivity index (χ4n) is 5.31. The van der Waals surface area contributed by atoms with Crippen LogP contribution in [0.3, 0.4) is 0 Å². The molecule has 2 aliphatic rings. The van der Waals surface area contributed by atoms with Crippen molar-refractivity contribution in [3.8, 4) is 5.75 Å². The van der Waals surface area contributed by atoms with Gasteiger partial charge < -0.3 is 13.9 Å². The average molecular weight is 813 g/mol. The molecule has 0 unspecified atom stereocenters. The van der Waals surface area contributed by atoms with Crippen LogP contribution in [0.4, 0.5) is 0 Å². The zero-order valence-electron chi connectivity index (χ0n) is 41.2. The topological polar surface area (TPSA) is 53.2 Å². The van der Waals surface area contributed by atoms with E-state index in [0.29, 0.717) is 6.61 Å². The van der Waals surface area contributed by atoms with Gasteiger partial charge in [-0.2, -0.15) is 0 Å². The largest absolute Gasteiger partial charge is 0.490 e. The Hall–Kier alpha value is -4.64. The maximum atomic E-state index is 11.6. The number of ether oxygens (including phenoxy) is 1. The van der Waals surface area contributed by atoms with E-state index in [2.05, 4.69) is 105 Å². The van der Waals surface area contributed by atoms with Crippen molar-refractivity contribution in [3.05, 3.63) is 135 Å². The third-order valence-electron chi connectivity index (χ3n) is 7.13. The molecular formula is C54H88N2O3. The zero-order valence-corrected chi connectivity index (χ0v) is 41.2. The van der Waals surface area contributed by atoms with Crippen molar-refractivity contribution in [2.24, 2.45) is 0 Å². The summed E-state index contributed by atoms with van der Waals surface area (Å²) in [6.45, 7) is 39.3. The fourth-order valence-corrected chi connectivity index (χ4v) is 5.31. The molecule has 332 valence electrons. The van der Waals surface area contributed by atoms with Gasteiger partial charge in [-0.1, -0.05) is 211 Å². The van der Waals surface area contributed by atoms with E-state index in [0.717, 1.165) is 47.1 Å². The molecular weight excluding hydrogens is 725 g/mol. The first-order valence-corrected chi connectivity index (χ1v) is 23.2. The van der Waals surface area contributed by atoms with Gasteiger partial charge in [-0.3, -0.25) is 9.59 Å². The van der Waals surface area contributed by atoms with Gasteiger partial charge in [0, 0.05) is 41.8 Å². The summed E-state index contributed by atoms with van der Waals surface area (Å²) < 4.78 is 9.75. The molecule has 8 rings (SSSR count). The van der Waals surface area contributed by atoms with E-state index in [4.69, 9.17) is 4.74 Å². The Bertz CT molecular complexity index is 1750. The summed E-state index contributed by atoms with van der Waals surface area (Å²) in [7, 11) is 0. The van der Waals surface area contributed by atoms with Crippen molar-refractivity contribution < 1.29 is 4.74 Å². The summed E-state index contributed by atoms with van der Waals surface area (Å²) >= 11 is 0. The summed E-state index contributed by atoms with van der Waals surface area (Å²) in [5.41, 5.74) is 3.58. The van der Waals surface area contributed by atoms with Crippen molar-refractivity contribution >= 4 is 32.6 Å². The molecule has 5 heteroatoms. The van der Waals surface area contributed by atoms with Crippen LogP contribution < -0.4 is 15.6 Å². The monoisotopic (exact) mass is 813 g/mol. The van der Waals surface area contributed by atoms with Gasteiger partial charge >= 0.3 is 0 Å². The Morgan fingerprint density at radius 2 is 0.831 bits per heavy atom. The minimum absolute atomic E-state index is 0.0589. The highest BCUT2D eigenvalue weighted by atomic mass is 16.5. The fraction of sp³-hybridized carbons (Fsp3) is 0.481. The van der Waals surface area contributed by atoms with Crippen LogP contribution in [0.1, 0.15) is 156 Å². The molecule has 4 heterocycles. The molecule has 0 amide bonds. The SMILES string of the molecule is CC.CC.CC.CC.CC.CC.CCC.CCC.CCC.O=c1ccn2c3c(cccc13)CCC2.O=c1ccn2c3c(cccc13)OCC2.c1ccc2ccccc2c1. The molecule has 0 bridgehead atoms. The highest BCUT2D eigenvalue weighted by Crippen LogP contribution is 2.26. The van der Waals surface area contributed by atoms with Gasteiger partial charge in [-0.15, -0.1) is 0 Å². The molecule has 4 aromatic carbocycles. The maximum Gasteiger partial charge on any atom is 0.189 e. The quantitative estimate of drug-likeness (QED) is 0.153. The normalized spacial score (nSPS) is 10.0. The highest BCUT2D eigenvalue weighted by molar-refractivity contribution is 5.85. The number of rotatable bonds is 0. The third kappa shape index (κ3) is 22.3. The van der Waals surface area contributed by atoms with Crippen molar-refractivity contribution in [1.29, 1.82) is 0 Å². The molecule has 0 radical (unpaired) electrons. The molecule has 2 aromatic heterocycles. The molecule has 0 saturated heterocycles. The van der Waals surface area contributed by atoms with Gasteiger partial charge in [0.2, 0.25) is 0 Å². The highest BCUT2D eigenvalue weighted by Gasteiger charge is 2.13. The molecule has 0 spiro atoms. The molecule has 0 atom stereocenters. The standard InChI is InChI=1S/C12H11NO.C11H9NO2.C10H8.3C3H8.6C2H6/c14-11-6-8-13-7-2-4-9-3-1-5-10(11)12(9)13;13-9-4-5-12-6-7-14-10-3-1-2-8(9)11(10)12;1-2-6-10-8-4-3-7-9(10)5-1;3*1-3-2;6*1-2/h1,3,5-6,8H,2,4,7H2;1-5H,6-7H2;1-8H;3*3H2,1-2H3;6*1-2H3. The lowest BCUT2D eigenvalue weighted by Crippen LogP contribution is -2.18. The Labute approximate surface area is 362 Å². The summed E-state index contributed by atoms with van der Waals surface area (Å²) in [6, 6.07) is 31.6. The van der Waals surface area contributed by atoms with E-state index in [-0.39, 0.29) is 10.9 Å². The van der Waals surface area contributed by atoms with Crippen LogP contribution in [0.25, 0.3) is 32.6 Å². The lowest BCUT2D eigenvalue weighted by molar-refractivity contribution is 0.286. The van der Waals surface area contributed by atoms with Crippen LogP contribution in [0, 0.1) is 0 Å². The summed E-state index contributed by atoms with van der Waals surface area (Å²) in [5, 5.41) is 4.23. The van der Waals surface area contributed by atoms with Gasteiger partial charge in [-0.25, -0.2) is 0 Å². The zero-order chi connectivity index (χ0) is 46.0. The van der Waals surface area contributed by atoms with Crippen molar-refractivity contribution in [1.82, 2.24) is 9.13 Å². The van der Waals surface area contributed by atoms with E-state index in [1.165, 1.54) is 42.0 Å². The van der Waals surface area contributed by atoms with E-state index < -0.39 is 0 Å². The summed E-state index contributed by atoms with van der Waals surface area (Å²) in [6.07, 6.45) is 9.76. The van der Waals surface area contributed by atoms with Crippen LogP contribution in [0.5, 0.6) is 5.75 Å². The molecule has 0 N–H and O–H groups in total. The minimum atomic E-state index is 0.0589. The van der Waals surface area contributed by atoms with E-state index in [1.54, 1.807) is 12.1 Å². The molecule has 0 saturated carbocycles. The predicted octanol–water partition coefficient (Wildman–Crippen LogP) is 16.6. The molecule has 0 aliphatic carbocycles. The van der Waals surface area contributed by atoms with Crippen molar-refractivity contribution in [2.75, 3.05) is 6.61 Å². The number of aryl methyl sites for hydroxylation is 2. The van der Waals surface area contributed by atoms with Crippen molar-refractivity contribution in [3.63, 3.8) is 0 Å². The van der Waals surface area contributed by atoms with E-state index in [1.807, 2.05) is 126 Å². The second-order valence-corrected chi connectivity index (χ2v) is 11.6. The molecule has 0 fully saturated rings. The third-order valence-corrected chi connectivity index (χ3v) is 7.13. The maximum absolute atomic E-state index is 11.6. The Morgan fingerprint density at radius 1 is 0.458 bits per heavy atom. The van der Waals surface area contributed by atoms with Gasteiger partial charge in [0.25, 0.3) is 0 Å². The number of pyridine rings is 2.